The number of carbonyl (C=O) groups excluding carboxylic acids is 2. The number of methoxy groups -OCH3 is 2. The minimum absolute atomic E-state index is 0.181. The second kappa shape index (κ2) is 12.9. The summed E-state index contributed by atoms with van der Waals surface area (Å²) in [5.41, 5.74) is 3.33. The molecule has 0 atom stereocenters. The third-order valence-electron chi connectivity index (χ3n) is 5.01. The summed E-state index contributed by atoms with van der Waals surface area (Å²) in [7, 11) is 3.08. The van der Waals surface area contributed by atoms with Gasteiger partial charge in [0.05, 0.1) is 13.2 Å². The maximum absolute atomic E-state index is 12.5. The molecule has 1 heterocycles. The van der Waals surface area contributed by atoms with E-state index in [2.05, 4.69) is 15.9 Å². The highest BCUT2D eigenvalue weighted by molar-refractivity contribution is 9.10. The summed E-state index contributed by atoms with van der Waals surface area (Å²) < 4.78 is 18.2. The van der Waals surface area contributed by atoms with Gasteiger partial charge in [-0.25, -0.2) is 4.79 Å². The molecule has 0 N–H and O–H groups in total. The molecule has 0 aliphatic heterocycles. The molecule has 0 spiro atoms. The lowest BCUT2D eigenvalue weighted by atomic mass is 10.1. The first kappa shape index (κ1) is 26.3. The zero-order valence-corrected chi connectivity index (χ0v) is 20.8. The summed E-state index contributed by atoms with van der Waals surface area (Å²) in [6.45, 7) is 4.78. The summed E-state index contributed by atoms with van der Waals surface area (Å²) >= 11 is 3.43. The minimum Gasteiger partial charge on any atom is -0.451 e. The molecule has 1 aromatic heterocycles. The lowest BCUT2D eigenvalue weighted by Gasteiger charge is -2.21. The second-order valence-corrected chi connectivity index (χ2v) is 8.17. The number of aromatic nitrogens is 1. The van der Waals surface area contributed by atoms with Crippen LogP contribution in [0.1, 0.15) is 17.0 Å². The van der Waals surface area contributed by atoms with E-state index < -0.39 is 12.6 Å². The van der Waals surface area contributed by atoms with Crippen molar-refractivity contribution in [3.63, 3.8) is 0 Å². The van der Waals surface area contributed by atoms with Crippen LogP contribution in [-0.4, -0.2) is 68.5 Å². The van der Waals surface area contributed by atoms with E-state index in [9.17, 15) is 14.9 Å². The topological polar surface area (TPSA) is 93.8 Å². The van der Waals surface area contributed by atoms with Crippen molar-refractivity contribution < 1.29 is 23.8 Å². The van der Waals surface area contributed by atoms with Gasteiger partial charge >= 0.3 is 5.97 Å². The molecule has 1 amide bonds. The molecule has 8 nitrogen and oxygen atoms in total. The number of aryl methyl sites for hydroxylation is 1. The van der Waals surface area contributed by atoms with E-state index in [0.29, 0.717) is 26.3 Å². The van der Waals surface area contributed by atoms with E-state index in [1.54, 1.807) is 0 Å². The van der Waals surface area contributed by atoms with Crippen LogP contribution in [0.25, 0.3) is 11.8 Å². The number of halogens is 1. The van der Waals surface area contributed by atoms with Crippen molar-refractivity contribution in [2.24, 2.45) is 0 Å². The molecule has 0 bridgehead atoms. The molecule has 0 unspecified atom stereocenters. The van der Waals surface area contributed by atoms with Crippen LogP contribution >= 0.6 is 15.9 Å². The summed E-state index contributed by atoms with van der Waals surface area (Å²) in [6.07, 6.45) is 1.48. The molecule has 1 aromatic carbocycles. The molecule has 0 saturated heterocycles. The molecule has 33 heavy (non-hydrogen) atoms. The minimum atomic E-state index is -0.849. The van der Waals surface area contributed by atoms with Crippen LogP contribution in [0.15, 0.2) is 40.4 Å². The predicted molar refractivity (Wildman–Crippen MR) is 128 cm³/mol. The molecule has 0 aliphatic rings. The molecule has 0 aliphatic carbocycles. The van der Waals surface area contributed by atoms with Crippen molar-refractivity contribution in [3.05, 3.63) is 57.3 Å². The smallest absolute Gasteiger partial charge is 0.349 e. The Bertz CT molecular complexity index is 1030. The summed E-state index contributed by atoms with van der Waals surface area (Å²) in [6, 6.07) is 11.6. The molecular weight excluding hydrogens is 490 g/mol. The fourth-order valence-corrected chi connectivity index (χ4v) is 3.54. The van der Waals surface area contributed by atoms with Gasteiger partial charge in [-0.1, -0.05) is 15.9 Å². The van der Waals surface area contributed by atoms with Crippen molar-refractivity contribution in [1.29, 1.82) is 5.26 Å². The third-order valence-corrected chi connectivity index (χ3v) is 5.53. The zero-order valence-electron chi connectivity index (χ0n) is 19.3. The largest absolute Gasteiger partial charge is 0.451 e. The lowest BCUT2D eigenvalue weighted by Crippen LogP contribution is -2.39. The fraction of sp³-hybridized carbons (Fsp3) is 0.375. The van der Waals surface area contributed by atoms with Crippen LogP contribution in [0.5, 0.6) is 0 Å². The Labute approximate surface area is 202 Å². The van der Waals surface area contributed by atoms with Gasteiger partial charge in [0.25, 0.3) is 5.91 Å². The van der Waals surface area contributed by atoms with Crippen LogP contribution in [0.4, 0.5) is 0 Å². The van der Waals surface area contributed by atoms with Crippen LogP contribution in [0.2, 0.25) is 0 Å². The first-order chi connectivity index (χ1) is 15.8. The molecular formula is C24H28BrN3O5. The highest BCUT2D eigenvalue weighted by atomic mass is 79.9. The standard InChI is InChI=1S/C24H28BrN3O5/c1-17-13-19(18(2)28(17)22-7-5-21(25)6-8-22)14-20(15-26)24(30)33-16-23(29)27(9-11-31-3)10-12-32-4/h5-8,13-14H,9-12,16H2,1-4H3/b20-14+. The average Bonchev–Trinajstić information content (AvgIpc) is 3.09. The number of rotatable bonds is 11. The average molecular weight is 518 g/mol. The van der Waals surface area contributed by atoms with Crippen LogP contribution in [-0.2, 0) is 23.8 Å². The third kappa shape index (κ3) is 7.29. The van der Waals surface area contributed by atoms with Gasteiger partial charge in [-0.05, 0) is 55.8 Å². The van der Waals surface area contributed by atoms with Gasteiger partial charge in [-0.2, -0.15) is 5.26 Å². The fourth-order valence-electron chi connectivity index (χ4n) is 3.27. The van der Waals surface area contributed by atoms with Crippen molar-refractivity contribution in [2.45, 2.75) is 13.8 Å². The first-order valence-corrected chi connectivity index (χ1v) is 11.1. The Hall–Kier alpha value is -2.93. The van der Waals surface area contributed by atoms with E-state index >= 15 is 0 Å². The number of hydrogen-bond donors (Lipinski definition) is 0. The normalized spacial score (nSPS) is 11.2. The lowest BCUT2D eigenvalue weighted by molar-refractivity contribution is -0.149. The number of hydrogen-bond acceptors (Lipinski definition) is 6. The monoisotopic (exact) mass is 517 g/mol. The Morgan fingerprint density at radius 2 is 1.73 bits per heavy atom. The molecule has 2 rings (SSSR count). The highest BCUT2D eigenvalue weighted by Gasteiger charge is 2.19. The van der Waals surface area contributed by atoms with Crippen molar-refractivity contribution in [2.75, 3.05) is 47.1 Å². The van der Waals surface area contributed by atoms with Crippen LogP contribution in [0.3, 0.4) is 0 Å². The maximum Gasteiger partial charge on any atom is 0.349 e. The number of carbonyl (C=O) groups is 2. The Morgan fingerprint density at radius 1 is 1.12 bits per heavy atom. The van der Waals surface area contributed by atoms with Crippen LogP contribution in [0, 0.1) is 25.2 Å². The van der Waals surface area contributed by atoms with Gasteiger partial charge < -0.3 is 23.7 Å². The molecule has 0 saturated carbocycles. The maximum atomic E-state index is 12.5. The Balaban J connectivity index is 2.15. The molecule has 0 radical (unpaired) electrons. The molecule has 176 valence electrons. The van der Waals surface area contributed by atoms with Crippen molar-refractivity contribution >= 4 is 33.9 Å². The van der Waals surface area contributed by atoms with E-state index in [1.165, 1.54) is 25.2 Å². The number of benzene rings is 1. The second-order valence-electron chi connectivity index (χ2n) is 7.25. The van der Waals surface area contributed by atoms with Gasteiger partial charge in [0.1, 0.15) is 11.6 Å². The Kier molecular flexibility index (Phi) is 10.3. The Morgan fingerprint density at radius 3 is 2.27 bits per heavy atom. The number of esters is 1. The summed E-state index contributed by atoms with van der Waals surface area (Å²) in [5, 5.41) is 9.52. The van der Waals surface area contributed by atoms with Gasteiger partial charge in [-0.15, -0.1) is 0 Å². The van der Waals surface area contributed by atoms with E-state index in [4.69, 9.17) is 14.2 Å². The van der Waals surface area contributed by atoms with Gasteiger partial charge in [0, 0.05) is 48.9 Å². The quantitative estimate of drug-likeness (QED) is 0.257. The highest BCUT2D eigenvalue weighted by Crippen LogP contribution is 2.24. The SMILES string of the molecule is COCCN(CCOC)C(=O)COC(=O)/C(C#N)=C/c1cc(C)n(-c2ccc(Br)cc2)c1C. The summed E-state index contributed by atoms with van der Waals surface area (Å²) in [4.78, 5) is 26.4. The molecule has 0 fully saturated rings. The predicted octanol–water partition coefficient (Wildman–Crippen LogP) is 3.43. The van der Waals surface area contributed by atoms with Gasteiger partial charge in [0.15, 0.2) is 6.61 Å². The van der Waals surface area contributed by atoms with Crippen LogP contribution < -0.4 is 0 Å². The molecule has 9 heteroatoms. The van der Waals surface area contributed by atoms with E-state index in [0.717, 1.165) is 27.1 Å². The molecule has 2 aromatic rings. The van der Waals surface area contributed by atoms with E-state index in [-0.39, 0.29) is 11.5 Å². The summed E-state index contributed by atoms with van der Waals surface area (Å²) in [5.74, 6) is -1.24. The zero-order chi connectivity index (χ0) is 24.4. The van der Waals surface area contributed by atoms with Crippen molar-refractivity contribution in [1.82, 2.24) is 9.47 Å². The van der Waals surface area contributed by atoms with E-state index in [1.807, 2.05) is 54.8 Å². The van der Waals surface area contributed by atoms with Gasteiger partial charge in [-0.3, -0.25) is 4.79 Å². The number of amides is 1. The van der Waals surface area contributed by atoms with Gasteiger partial charge in [0.2, 0.25) is 0 Å². The number of nitrogens with zero attached hydrogens (tertiary/aromatic N) is 3. The first-order valence-electron chi connectivity index (χ1n) is 10.3. The number of ether oxygens (including phenoxy) is 3. The van der Waals surface area contributed by atoms with Crippen molar-refractivity contribution in [3.8, 4) is 11.8 Å². The number of nitriles is 1.